The Morgan fingerprint density at radius 2 is 1.83 bits per heavy atom. The molecule has 1 aromatic carbocycles. The summed E-state index contributed by atoms with van der Waals surface area (Å²) in [5, 5.41) is 0.779. The second-order valence-corrected chi connectivity index (χ2v) is 5.85. The van der Waals surface area contributed by atoms with Gasteiger partial charge in [-0.3, -0.25) is 0 Å². The first kappa shape index (κ1) is 15.8. The van der Waals surface area contributed by atoms with Crippen LogP contribution >= 0.6 is 23.2 Å². The van der Waals surface area contributed by atoms with E-state index in [9.17, 15) is 0 Å². The zero-order valence-electron chi connectivity index (χ0n) is 11.2. The standard InChI is InChI=1S/C15H22Cl2O/c1-12(2)11-18-8-7-14(10-16)9-13-3-5-15(17)6-4-13/h3-6,12,14H,7-11H2,1-2H3. The highest BCUT2D eigenvalue weighted by Gasteiger charge is 2.09. The normalized spacial score (nSPS) is 12.9. The Hall–Kier alpha value is -0.240. The first-order valence-corrected chi connectivity index (χ1v) is 7.41. The van der Waals surface area contributed by atoms with Crippen LogP contribution in [0.3, 0.4) is 0 Å². The quantitative estimate of drug-likeness (QED) is 0.493. The van der Waals surface area contributed by atoms with Gasteiger partial charge in [0.2, 0.25) is 0 Å². The molecule has 0 aromatic heterocycles. The second-order valence-electron chi connectivity index (χ2n) is 5.11. The molecule has 1 rings (SSSR count). The molecule has 1 nitrogen and oxygen atoms in total. The molecule has 0 heterocycles. The van der Waals surface area contributed by atoms with Gasteiger partial charge in [-0.1, -0.05) is 37.6 Å². The third-order valence-electron chi connectivity index (χ3n) is 2.78. The van der Waals surface area contributed by atoms with Gasteiger partial charge in [0, 0.05) is 24.1 Å². The number of ether oxygens (including phenoxy) is 1. The number of alkyl halides is 1. The number of benzene rings is 1. The average Bonchev–Trinajstić information content (AvgIpc) is 2.35. The van der Waals surface area contributed by atoms with Crippen LogP contribution in [0.5, 0.6) is 0 Å². The van der Waals surface area contributed by atoms with E-state index < -0.39 is 0 Å². The molecular weight excluding hydrogens is 267 g/mol. The number of hydrogen-bond acceptors (Lipinski definition) is 1. The van der Waals surface area contributed by atoms with Crippen molar-refractivity contribution < 1.29 is 4.74 Å². The molecule has 0 aliphatic rings. The summed E-state index contributed by atoms with van der Waals surface area (Å²) in [6.45, 7) is 5.94. The van der Waals surface area contributed by atoms with Crippen molar-refractivity contribution in [3.63, 3.8) is 0 Å². The molecule has 0 fully saturated rings. The predicted octanol–water partition coefficient (Wildman–Crippen LogP) is 4.80. The van der Waals surface area contributed by atoms with Gasteiger partial charge >= 0.3 is 0 Å². The Morgan fingerprint density at radius 1 is 1.17 bits per heavy atom. The number of hydrogen-bond donors (Lipinski definition) is 0. The molecular formula is C15H22Cl2O. The molecule has 0 spiro atoms. The molecule has 0 bridgehead atoms. The van der Waals surface area contributed by atoms with Gasteiger partial charge in [-0.15, -0.1) is 11.6 Å². The van der Waals surface area contributed by atoms with Gasteiger partial charge in [0.05, 0.1) is 0 Å². The monoisotopic (exact) mass is 288 g/mol. The third kappa shape index (κ3) is 6.63. The molecule has 102 valence electrons. The summed E-state index contributed by atoms with van der Waals surface area (Å²) in [5.74, 6) is 1.74. The lowest BCUT2D eigenvalue weighted by Gasteiger charge is -2.14. The van der Waals surface area contributed by atoms with Crippen molar-refractivity contribution >= 4 is 23.2 Å². The Bertz CT molecular complexity index is 322. The molecule has 3 heteroatoms. The first-order chi connectivity index (χ1) is 8.61. The fourth-order valence-corrected chi connectivity index (χ4v) is 2.15. The maximum Gasteiger partial charge on any atom is 0.0488 e. The van der Waals surface area contributed by atoms with Crippen LogP contribution < -0.4 is 0 Å². The molecule has 0 saturated heterocycles. The van der Waals surface area contributed by atoms with Gasteiger partial charge in [0.1, 0.15) is 0 Å². The van der Waals surface area contributed by atoms with E-state index in [4.69, 9.17) is 27.9 Å². The Kier molecular flexibility index (Phi) is 7.73. The van der Waals surface area contributed by atoms with Crippen molar-refractivity contribution in [2.24, 2.45) is 11.8 Å². The van der Waals surface area contributed by atoms with Crippen LogP contribution in [-0.4, -0.2) is 19.1 Å². The zero-order chi connectivity index (χ0) is 13.4. The topological polar surface area (TPSA) is 9.23 Å². The maximum absolute atomic E-state index is 6.01. The van der Waals surface area contributed by atoms with E-state index in [0.717, 1.165) is 31.1 Å². The highest BCUT2D eigenvalue weighted by Crippen LogP contribution is 2.17. The number of halogens is 2. The Balaban J connectivity index is 2.30. The molecule has 1 aromatic rings. The molecule has 0 amide bonds. The van der Waals surface area contributed by atoms with Crippen molar-refractivity contribution in [3.8, 4) is 0 Å². The average molecular weight is 289 g/mol. The summed E-state index contributed by atoms with van der Waals surface area (Å²) in [4.78, 5) is 0. The zero-order valence-corrected chi connectivity index (χ0v) is 12.7. The molecule has 0 radical (unpaired) electrons. The highest BCUT2D eigenvalue weighted by atomic mass is 35.5. The van der Waals surface area contributed by atoms with E-state index in [-0.39, 0.29) is 0 Å². The minimum Gasteiger partial charge on any atom is -0.381 e. The van der Waals surface area contributed by atoms with E-state index in [2.05, 4.69) is 26.0 Å². The van der Waals surface area contributed by atoms with E-state index in [1.165, 1.54) is 5.56 Å². The molecule has 18 heavy (non-hydrogen) atoms. The fourth-order valence-electron chi connectivity index (χ4n) is 1.76. The van der Waals surface area contributed by atoms with Crippen molar-refractivity contribution in [2.75, 3.05) is 19.1 Å². The highest BCUT2D eigenvalue weighted by molar-refractivity contribution is 6.30. The van der Waals surface area contributed by atoms with Gasteiger partial charge in [0.15, 0.2) is 0 Å². The first-order valence-electron chi connectivity index (χ1n) is 6.50. The summed E-state index contributed by atoms with van der Waals surface area (Å²) in [5.41, 5.74) is 1.29. The van der Waals surface area contributed by atoms with Gasteiger partial charge in [0.25, 0.3) is 0 Å². The number of rotatable bonds is 8. The van der Waals surface area contributed by atoms with Crippen LogP contribution in [0, 0.1) is 11.8 Å². The largest absolute Gasteiger partial charge is 0.381 e. The van der Waals surface area contributed by atoms with Crippen LogP contribution in [0.25, 0.3) is 0 Å². The van der Waals surface area contributed by atoms with E-state index in [1.54, 1.807) is 0 Å². The second kappa shape index (κ2) is 8.79. The third-order valence-corrected chi connectivity index (χ3v) is 3.47. The summed E-state index contributed by atoms with van der Waals surface area (Å²) >= 11 is 11.9. The van der Waals surface area contributed by atoms with Gasteiger partial charge in [-0.2, -0.15) is 0 Å². The lowest BCUT2D eigenvalue weighted by atomic mass is 9.98. The Morgan fingerprint density at radius 3 is 2.39 bits per heavy atom. The summed E-state index contributed by atoms with van der Waals surface area (Å²) < 4.78 is 5.60. The summed E-state index contributed by atoms with van der Waals surface area (Å²) in [6, 6.07) is 7.99. The lowest BCUT2D eigenvalue weighted by molar-refractivity contribution is 0.0996. The van der Waals surface area contributed by atoms with Crippen LogP contribution in [0.4, 0.5) is 0 Å². The predicted molar refractivity (Wildman–Crippen MR) is 79.6 cm³/mol. The van der Waals surface area contributed by atoms with E-state index >= 15 is 0 Å². The van der Waals surface area contributed by atoms with E-state index in [0.29, 0.717) is 17.7 Å². The van der Waals surface area contributed by atoms with Crippen LogP contribution in [0.2, 0.25) is 5.02 Å². The molecule has 1 atom stereocenters. The van der Waals surface area contributed by atoms with Crippen molar-refractivity contribution in [1.29, 1.82) is 0 Å². The fraction of sp³-hybridized carbons (Fsp3) is 0.600. The molecule has 1 unspecified atom stereocenters. The Labute approximate surface area is 120 Å². The molecule has 0 N–H and O–H groups in total. The molecule has 0 aliphatic carbocycles. The van der Waals surface area contributed by atoms with Crippen LogP contribution in [-0.2, 0) is 11.2 Å². The van der Waals surface area contributed by atoms with Crippen LogP contribution in [0.1, 0.15) is 25.8 Å². The van der Waals surface area contributed by atoms with Crippen molar-refractivity contribution in [1.82, 2.24) is 0 Å². The smallest absolute Gasteiger partial charge is 0.0488 e. The summed E-state index contributed by atoms with van der Waals surface area (Å²) in [7, 11) is 0. The van der Waals surface area contributed by atoms with E-state index in [1.807, 2.05) is 12.1 Å². The van der Waals surface area contributed by atoms with Crippen molar-refractivity contribution in [3.05, 3.63) is 34.9 Å². The molecule has 0 saturated carbocycles. The summed E-state index contributed by atoms with van der Waals surface area (Å²) in [6.07, 6.45) is 2.00. The van der Waals surface area contributed by atoms with Gasteiger partial charge in [-0.25, -0.2) is 0 Å². The van der Waals surface area contributed by atoms with Gasteiger partial charge in [-0.05, 0) is 42.4 Å². The van der Waals surface area contributed by atoms with Gasteiger partial charge < -0.3 is 4.74 Å². The maximum atomic E-state index is 6.01. The van der Waals surface area contributed by atoms with Crippen molar-refractivity contribution in [2.45, 2.75) is 26.7 Å². The lowest BCUT2D eigenvalue weighted by Crippen LogP contribution is -2.12. The minimum absolute atomic E-state index is 0.472. The molecule has 0 aliphatic heterocycles. The minimum atomic E-state index is 0.472. The SMILES string of the molecule is CC(C)COCCC(CCl)Cc1ccc(Cl)cc1. The van der Waals surface area contributed by atoms with Crippen LogP contribution in [0.15, 0.2) is 24.3 Å².